The molecule has 8 aromatic rings. The van der Waals surface area contributed by atoms with E-state index in [2.05, 4.69) is 148 Å². The minimum absolute atomic E-state index is 0. The van der Waals surface area contributed by atoms with Crippen molar-refractivity contribution in [2.45, 2.75) is 0 Å². The van der Waals surface area contributed by atoms with Crippen LogP contribution in [0.2, 0.25) is 0 Å². The predicted octanol–water partition coefficient (Wildman–Crippen LogP) is 10.6. The first-order valence-corrected chi connectivity index (χ1v) is 16.1. The molecule has 2 heterocycles. The zero-order valence-corrected chi connectivity index (χ0v) is 29.0. The van der Waals surface area contributed by atoms with Gasteiger partial charge in [0.2, 0.25) is 5.69 Å². The largest absolute Gasteiger partial charge is 2.00 e. The molecule has 0 fully saturated rings. The van der Waals surface area contributed by atoms with Crippen molar-refractivity contribution in [1.29, 1.82) is 0 Å². The van der Waals surface area contributed by atoms with Crippen molar-refractivity contribution >= 4 is 39.5 Å². The van der Waals surface area contributed by atoms with E-state index in [-0.39, 0.29) is 21.1 Å². The molecule has 0 N–H and O–H groups in total. The topological polar surface area (TPSA) is 33.1 Å². The summed E-state index contributed by atoms with van der Waals surface area (Å²) >= 11 is 0. The first-order valence-electron chi connectivity index (χ1n) is 16.1. The van der Waals surface area contributed by atoms with Gasteiger partial charge in [0.1, 0.15) is 5.69 Å². The van der Waals surface area contributed by atoms with E-state index in [4.69, 9.17) is 4.74 Å². The average molecular weight is 824 g/mol. The van der Waals surface area contributed by atoms with E-state index < -0.39 is 0 Å². The Morgan fingerprint density at radius 1 is 0.560 bits per heavy atom. The second kappa shape index (κ2) is 13.4. The van der Waals surface area contributed by atoms with Gasteiger partial charge < -0.3 is 4.74 Å². The summed E-state index contributed by atoms with van der Waals surface area (Å²) < 4.78 is 12.4. The van der Waals surface area contributed by atoms with Gasteiger partial charge in [-0.3, -0.25) is 4.68 Å². The van der Waals surface area contributed by atoms with Crippen LogP contribution in [0.25, 0.3) is 38.7 Å². The summed E-state index contributed by atoms with van der Waals surface area (Å²) in [6.45, 7) is 0. The fourth-order valence-corrected chi connectivity index (χ4v) is 6.48. The molecular weight excluding hydrogens is 796 g/mol. The summed E-state index contributed by atoms with van der Waals surface area (Å²) in [5.41, 5.74) is 9.20. The molecule has 1 aromatic heterocycles. The third kappa shape index (κ3) is 5.69. The quantitative estimate of drug-likeness (QED) is 0.119. The number of benzene rings is 7. The van der Waals surface area contributed by atoms with E-state index in [9.17, 15) is 0 Å². The molecule has 0 saturated carbocycles. The van der Waals surface area contributed by atoms with E-state index in [0.717, 1.165) is 61.5 Å². The average Bonchev–Trinajstić information content (AvgIpc) is 3.85. The Labute approximate surface area is 304 Å². The summed E-state index contributed by atoms with van der Waals surface area (Å²) in [4.78, 5) is 0. The van der Waals surface area contributed by atoms with Crippen LogP contribution in [0.1, 0.15) is 0 Å². The normalized spacial score (nSPS) is 11.8. The first kappa shape index (κ1) is 31.2. The molecule has 9 rings (SSSR count). The molecule has 238 valence electrons. The van der Waals surface area contributed by atoms with E-state index in [1.165, 1.54) is 0 Å². The molecule has 1 aliphatic rings. The number of ether oxygens (including phenoxy) is 1. The molecule has 0 radical (unpaired) electrons. The Bertz CT molecular complexity index is 2500. The molecule has 1 aliphatic heterocycles. The van der Waals surface area contributed by atoms with E-state index in [1.807, 2.05) is 48.7 Å². The molecule has 0 amide bonds. The van der Waals surface area contributed by atoms with Crippen LogP contribution in [0.4, 0.5) is 22.7 Å². The summed E-state index contributed by atoms with van der Waals surface area (Å²) in [7, 11) is 0. The van der Waals surface area contributed by atoms with Crippen molar-refractivity contribution in [2.24, 2.45) is 0 Å². The number of para-hydroxylation sites is 1. The van der Waals surface area contributed by atoms with Crippen LogP contribution in [-0.4, -0.2) is 15.8 Å². The zero-order chi connectivity index (χ0) is 32.6. The molecule has 5 nitrogen and oxygen atoms in total. The van der Waals surface area contributed by atoms with Crippen LogP contribution in [0, 0.1) is 12.1 Å². The van der Waals surface area contributed by atoms with Crippen LogP contribution in [0.15, 0.2) is 170 Å². The van der Waals surface area contributed by atoms with Gasteiger partial charge in [0.25, 0.3) is 5.69 Å². The van der Waals surface area contributed by atoms with Gasteiger partial charge in [-0.25, -0.2) is 0 Å². The number of nitrogens with zero attached hydrogens (tertiary/aromatic N) is 4. The van der Waals surface area contributed by atoms with Gasteiger partial charge >= 0.3 is 32.8 Å². The summed E-state index contributed by atoms with van der Waals surface area (Å²) in [6, 6.07) is 64.7. The molecule has 0 atom stereocenters. The second-order valence-corrected chi connectivity index (χ2v) is 11.7. The molecule has 0 aliphatic carbocycles. The number of rotatable bonds is 7. The van der Waals surface area contributed by atoms with Crippen LogP contribution >= 0.6 is 0 Å². The van der Waals surface area contributed by atoms with Crippen molar-refractivity contribution in [3.05, 3.63) is 182 Å². The Morgan fingerprint density at radius 3 is 1.94 bits per heavy atom. The minimum Gasteiger partial charge on any atom is -0.509 e. The van der Waals surface area contributed by atoms with Gasteiger partial charge in [-0.2, -0.15) is 17.2 Å². The Kier molecular flexibility index (Phi) is 8.36. The van der Waals surface area contributed by atoms with Crippen molar-refractivity contribution in [2.75, 3.05) is 0 Å². The van der Waals surface area contributed by atoms with Gasteiger partial charge in [0, 0.05) is 30.0 Å². The first-order chi connectivity index (χ1) is 24.3. The number of aromatic nitrogens is 2. The van der Waals surface area contributed by atoms with Gasteiger partial charge in [-0.1, -0.05) is 102 Å². The van der Waals surface area contributed by atoms with Crippen molar-refractivity contribution in [1.82, 2.24) is 18.9 Å². The van der Waals surface area contributed by atoms with Gasteiger partial charge in [0.15, 0.2) is 0 Å². The molecule has 0 spiro atoms. The summed E-state index contributed by atoms with van der Waals surface area (Å²) in [6.07, 6.45) is 3.63. The smallest absolute Gasteiger partial charge is 0.509 e. The van der Waals surface area contributed by atoms with Crippen LogP contribution in [0.5, 0.6) is 11.5 Å². The molecule has 7 aromatic carbocycles. The Balaban J connectivity index is 0.00000361. The summed E-state index contributed by atoms with van der Waals surface area (Å²) in [5, 5.41) is 6.62. The summed E-state index contributed by atoms with van der Waals surface area (Å²) in [5.74, 6) is 1.15. The monoisotopic (exact) mass is 823 g/mol. The Hall–Kier alpha value is -6.12. The fraction of sp³-hybridized carbons (Fsp3) is 0. The maximum Gasteiger partial charge on any atom is 2.00 e. The van der Waals surface area contributed by atoms with Gasteiger partial charge in [-0.15, -0.1) is 24.3 Å². The second-order valence-electron chi connectivity index (χ2n) is 11.7. The van der Waals surface area contributed by atoms with Crippen LogP contribution in [0.3, 0.4) is 0 Å². The van der Waals surface area contributed by atoms with Crippen LogP contribution < -0.4 is 13.9 Å². The zero-order valence-electron chi connectivity index (χ0n) is 26.7. The molecule has 0 unspecified atom stereocenters. The fourth-order valence-electron chi connectivity index (χ4n) is 6.48. The molecular formula is C44H28N4OPt+2. The maximum absolute atomic E-state index is 6.32. The number of hydrogen-bond acceptors (Lipinski definition) is 2. The molecule has 6 heteroatoms. The van der Waals surface area contributed by atoms with Crippen molar-refractivity contribution < 1.29 is 25.8 Å². The van der Waals surface area contributed by atoms with E-state index in [0.29, 0.717) is 11.5 Å². The number of fused-ring (bicyclic) bond motifs is 3. The molecule has 50 heavy (non-hydrogen) atoms. The standard InChI is InChI=1S/C44H28N4O.Pt/c1-3-13-32(14-4-1)39-23-11-24-40(33-15-5-2-6-16-33)43(39)47-31-46(42-26-25-34-17-7-8-22-41(34)44(42)47)35-18-9-20-37(29-35)49-38-21-10-19-36(30-38)48-28-12-27-45-48;/h1-28H;/q;+2. The Morgan fingerprint density at radius 2 is 1.22 bits per heavy atom. The van der Waals surface area contributed by atoms with Crippen molar-refractivity contribution in [3.8, 4) is 39.4 Å². The minimum atomic E-state index is 0. The van der Waals surface area contributed by atoms with Crippen molar-refractivity contribution in [3.63, 3.8) is 0 Å². The predicted molar refractivity (Wildman–Crippen MR) is 197 cm³/mol. The van der Waals surface area contributed by atoms with Crippen LogP contribution in [-0.2, 0) is 21.1 Å². The third-order valence-electron chi connectivity index (χ3n) is 8.69. The molecule has 0 bridgehead atoms. The maximum atomic E-state index is 6.32. The van der Waals surface area contributed by atoms with E-state index in [1.54, 1.807) is 10.9 Å². The SMILES string of the molecule is C1=[N+](c2[c-]c(Oc3[c-]c(-n4cccn4)ccc3)ccc2)c2ccc3ccccc3c2[N+]=1c1c(-c2ccccc2)cccc1-c1ccccc1.[Pt+2]. The number of hydrogen-bond donors (Lipinski definition) is 0. The van der Waals surface area contributed by atoms with E-state index >= 15 is 0 Å². The van der Waals surface area contributed by atoms with Gasteiger partial charge in [-0.05, 0) is 57.1 Å². The third-order valence-corrected chi connectivity index (χ3v) is 8.69. The van der Waals surface area contributed by atoms with Gasteiger partial charge in [0.05, 0.1) is 16.5 Å². The molecule has 0 saturated heterocycles.